The molecule has 0 fully saturated rings. The summed E-state index contributed by atoms with van der Waals surface area (Å²) in [5.41, 5.74) is 0.373. The minimum absolute atomic E-state index is 0.251. The van der Waals surface area contributed by atoms with Gasteiger partial charge in [0.25, 0.3) is 5.91 Å². The lowest BCUT2D eigenvalue weighted by atomic mass is 10.2. The third kappa shape index (κ3) is 2.36. The van der Waals surface area contributed by atoms with Gasteiger partial charge in [0.15, 0.2) is 0 Å². The van der Waals surface area contributed by atoms with Crippen molar-refractivity contribution in [2.24, 2.45) is 0 Å². The van der Waals surface area contributed by atoms with Crippen molar-refractivity contribution in [1.29, 1.82) is 0 Å². The topological polar surface area (TPSA) is 29.1 Å². The van der Waals surface area contributed by atoms with Crippen LogP contribution in [0.3, 0.4) is 0 Å². The van der Waals surface area contributed by atoms with E-state index in [-0.39, 0.29) is 5.91 Å². The highest BCUT2D eigenvalue weighted by molar-refractivity contribution is 9.10. The normalized spacial score (nSPS) is 9.85. The first kappa shape index (κ1) is 10.8. The summed E-state index contributed by atoms with van der Waals surface area (Å²) in [6.07, 6.45) is 0. The molecular weight excluding hydrogens is 277 g/mol. The highest BCUT2D eigenvalue weighted by Crippen LogP contribution is 2.29. The number of hydrogen-bond donors (Lipinski definition) is 1. The number of hydrogen-bond acceptors (Lipinski definition) is 1. The molecule has 0 aromatic heterocycles. The van der Waals surface area contributed by atoms with Crippen molar-refractivity contribution in [1.82, 2.24) is 5.32 Å². The van der Waals surface area contributed by atoms with Gasteiger partial charge in [-0.3, -0.25) is 4.79 Å². The second-order valence-corrected chi connectivity index (χ2v) is 3.99. The predicted molar refractivity (Wildman–Crippen MR) is 57.6 cm³/mol. The van der Waals surface area contributed by atoms with Gasteiger partial charge < -0.3 is 5.32 Å². The van der Waals surface area contributed by atoms with E-state index in [2.05, 4.69) is 21.2 Å². The Morgan fingerprint density at radius 2 is 2.00 bits per heavy atom. The lowest BCUT2D eigenvalue weighted by molar-refractivity contribution is 0.0963. The number of carbonyl (C=O) groups excluding carboxylic acids is 1. The molecule has 0 saturated heterocycles. The molecule has 0 atom stereocenters. The van der Waals surface area contributed by atoms with Gasteiger partial charge in [-0.1, -0.05) is 23.2 Å². The summed E-state index contributed by atoms with van der Waals surface area (Å²) in [5, 5.41) is 3.30. The molecule has 0 bridgehead atoms. The van der Waals surface area contributed by atoms with E-state index in [0.29, 0.717) is 20.1 Å². The van der Waals surface area contributed by atoms with E-state index in [1.165, 1.54) is 13.1 Å². The van der Waals surface area contributed by atoms with Crippen molar-refractivity contribution in [2.75, 3.05) is 7.05 Å². The number of amides is 1. The molecule has 0 saturated carbocycles. The molecule has 0 radical (unpaired) electrons. The van der Waals surface area contributed by atoms with E-state index in [9.17, 15) is 4.79 Å². The lowest BCUT2D eigenvalue weighted by Gasteiger charge is -2.04. The molecule has 5 heteroatoms. The Morgan fingerprint density at radius 3 is 2.54 bits per heavy atom. The Morgan fingerprint density at radius 1 is 1.38 bits per heavy atom. The maximum absolute atomic E-state index is 11.2. The van der Waals surface area contributed by atoms with E-state index < -0.39 is 0 Å². The zero-order valence-corrected chi connectivity index (χ0v) is 9.79. The molecule has 0 aliphatic heterocycles. The molecule has 0 aliphatic rings. The van der Waals surface area contributed by atoms with Gasteiger partial charge in [0, 0.05) is 11.5 Å². The zero-order chi connectivity index (χ0) is 10.0. The van der Waals surface area contributed by atoms with E-state index >= 15 is 0 Å². The Hall–Kier alpha value is -0.250. The van der Waals surface area contributed by atoms with Crippen LogP contribution in [0.25, 0.3) is 0 Å². The van der Waals surface area contributed by atoms with Crippen molar-refractivity contribution in [3.63, 3.8) is 0 Å². The fourth-order valence-electron chi connectivity index (χ4n) is 0.831. The van der Waals surface area contributed by atoms with Crippen LogP contribution in [0.4, 0.5) is 0 Å². The maximum Gasteiger partial charge on any atom is 0.252 e. The first-order valence-electron chi connectivity index (χ1n) is 3.43. The molecule has 2 nitrogen and oxygen atoms in total. The van der Waals surface area contributed by atoms with Gasteiger partial charge in [0.05, 0.1) is 15.6 Å². The molecule has 1 amide bonds. The van der Waals surface area contributed by atoms with Crippen LogP contribution in [0.1, 0.15) is 10.4 Å². The average Bonchev–Trinajstić information content (AvgIpc) is 2.10. The molecule has 0 spiro atoms. The highest BCUT2D eigenvalue weighted by Gasteiger charge is 2.11. The van der Waals surface area contributed by atoms with Crippen LogP contribution in [0.5, 0.6) is 0 Å². The minimum atomic E-state index is -0.251. The SMILES string of the molecule is CNC(=O)c1cc(Cl)c(Br)cc1Cl. The van der Waals surface area contributed by atoms with Crippen molar-refractivity contribution in [3.05, 3.63) is 32.2 Å². The number of rotatable bonds is 1. The summed E-state index contributed by atoms with van der Waals surface area (Å²) in [6.45, 7) is 0. The molecule has 1 rings (SSSR count). The van der Waals surface area contributed by atoms with E-state index in [1.54, 1.807) is 6.07 Å². The molecule has 1 N–H and O–H groups in total. The lowest BCUT2D eigenvalue weighted by Crippen LogP contribution is -2.18. The molecule has 1 aromatic rings. The number of carbonyl (C=O) groups is 1. The van der Waals surface area contributed by atoms with Gasteiger partial charge in [-0.25, -0.2) is 0 Å². The largest absolute Gasteiger partial charge is 0.355 e. The highest BCUT2D eigenvalue weighted by atomic mass is 79.9. The molecule has 0 unspecified atom stereocenters. The van der Waals surface area contributed by atoms with Gasteiger partial charge in [0.2, 0.25) is 0 Å². The number of benzene rings is 1. The van der Waals surface area contributed by atoms with Crippen LogP contribution in [-0.4, -0.2) is 13.0 Å². The van der Waals surface area contributed by atoms with Gasteiger partial charge in [-0.05, 0) is 28.1 Å². The monoisotopic (exact) mass is 281 g/mol. The zero-order valence-electron chi connectivity index (χ0n) is 6.70. The van der Waals surface area contributed by atoms with Gasteiger partial charge in [0.1, 0.15) is 0 Å². The Balaban J connectivity index is 3.23. The average molecular weight is 283 g/mol. The fraction of sp³-hybridized carbons (Fsp3) is 0.125. The maximum atomic E-state index is 11.2. The molecule has 0 heterocycles. The van der Waals surface area contributed by atoms with E-state index in [1.807, 2.05) is 0 Å². The Labute approximate surface area is 94.3 Å². The quantitative estimate of drug-likeness (QED) is 0.788. The summed E-state index contributed by atoms with van der Waals surface area (Å²) >= 11 is 14.8. The number of halogens is 3. The van der Waals surface area contributed by atoms with Crippen LogP contribution in [-0.2, 0) is 0 Å². The first-order chi connectivity index (χ1) is 6.06. The summed E-state index contributed by atoms with van der Waals surface area (Å²) in [4.78, 5) is 11.2. The molecule has 13 heavy (non-hydrogen) atoms. The second kappa shape index (κ2) is 4.31. The molecule has 0 aliphatic carbocycles. The van der Waals surface area contributed by atoms with Gasteiger partial charge in [-0.15, -0.1) is 0 Å². The van der Waals surface area contributed by atoms with Crippen molar-refractivity contribution < 1.29 is 4.79 Å². The summed E-state index contributed by atoms with van der Waals surface area (Å²) in [7, 11) is 1.54. The fourth-order valence-corrected chi connectivity index (χ4v) is 1.72. The van der Waals surface area contributed by atoms with Crippen LogP contribution in [0.15, 0.2) is 16.6 Å². The van der Waals surface area contributed by atoms with Crippen LogP contribution in [0.2, 0.25) is 10.0 Å². The van der Waals surface area contributed by atoms with Crippen molar-refractivity contribution >= 4 is 45.0 Å². The third-order valence-electron chi connectivity index (χ3n) is 1.48. The van der Waals surface area contributed by atoms with Gasteiger partial charge >= 0.3 is 0 Å². The predicted octanol–water partition coefficient (Wildman–Crippen LogP) is 3.12. The molecule has 70 valence electrons. The summed E-state index contributed by atoms with van der Waals surface area (Å²) < 4.78 is 0.673. The van der Waals surface area contributed by atoms with Crippen LogP contribution in [0, 0.1) is 0 Å². The van der Waals surface area contributed by atoms with Crippen molar-refractivity contribution in [2.45, 2.75) is 0 Å². The second-order valence-electron chi connectivity index (χ2n) is 2.33. The summed E-state index contributed by atoms with van der Waals surface area (Å²) in [5.74, 6) is -0.251. The smallest absolute Gasteiger partial charge is 0.252 e. The standard InChI is InChI=1S/C8H6BrCl2NO/c1-12-8(13)4-2-7(11)5(9)3-6(4)10/h2-3H,1H3,(H,12,13). The van der Waals surface area contributed by atoms with E-state index in [0.717, 1.165) is 0 Å². The van der Waals surface area contributed by atoms with Crippen molar-refractivity contribution in [3.8, 4) is 0 Å². The molecule has 1 aromatic carbocycles. The van der Waals surface area contributed by atoms with Gasteiger partial charge in [-0.2, -0.15) is 0 Å². The van der Waals surface area contributed by atoms with Crippen LogP contribution < -0.4 is 5.32 Å². The minimum Gasteiger partial charge on any atom is -0.355 e. The summed E-state index contributed by atoms with van der Waals surface area (Å²) in [6, 6.07) is 3.11. The van der Waals surface area contributed by atoms with E-state index in [4.69, 9.17) is 23.2 Å². The number of nitrogens with one attached hydrogen (secondary N) is 1. The Bertz CT molecular complexity index is 354. The Kier molecular flexibility index (Phi) is 3.59. The van der Waals surface area contributed by atoms with Crippen LogP contribution >= 0.6 is 39.1 Å². The molecular formula is C8H6BrCl2NO. The first-order valence-corrected chi connectivity index (χ1v) is 4.97. The third-order valence-corrected chi connectivity index (χ3v) is 2.99.